The molecule has 0 saturated carbocycles. The van der Waals surface area contributed by atoms with Gasteiger partial charge in [0, 0.05) is 18.8 Å². The number of aromatic nitrogens is 1. The van der Waals surface area contributed by atoms with Gasteiger partial charge in [-0.1, -0.05) is 11.6 Å². The Balaban J connectivity index is 2.29. The van der Waals surface area contributed by atoms with Gasteiger partial charge in [0.2, 0.25) is 0 Å². The van der Waals surface area contributed by atoms with Crippen LogP contribution in [0.15, 0.2) is 12.3 Å². The molecule has 0 radical (unpaired) electrons. The molecule has 1 aliphatic rings. The largest absolute Gasteiger partial charge is 0.417 e. The summed E-state index contributed by atoms with van der Waals surface area (Å²) in [6, 6.07) is 1.21. The van der Waals surface area contributed by atoms with E-state index in [1.165, 1.54) is 0 Å². The van der Waals surface area contributed by atoms with Crippen molar-refractivity contribution in [3.63, 3.8) is 0 Å². The van der Waals surface area contributed by atoms with Gasteiger partial charge in [-0.15, -0.1) is 0 Å². The van der Waals surface area contributed by atoms with Crippen molar-refractivity contribution in [1.82, 2.24) is 4.98 Å². The highest BCUT2D eigenvalue weighted by Gasteiger charge is 2.32. The van der Waals surface area contributed by atoms with Crippen molar-refractivity contribution < 1.29 is 13.2 Å². The zero-order valence-electron chi connectivity index (χ0n) is 9.97. The van der Waals surface area contributed by atoms with Gasteiger partial charge in [-0.3, -0.25) is 0 Å². The number of piperidine rings is 1. The van der Waals surface area contributed by atoms with Crippen LogP contribution in [0.5, 0.6) is 0 Å². The molecule has 18 heavy (non-hydrogen) atoms. The van der Waals surface area contributed by atoms with E-state index < -0.39 is 11.7 Å². The Labute approximate surface area is 109 Å². The number of halogens is 4. The number of hydrogen-bond donors (Lipinski definition) is 0. The molecule has 1 atom stereocenters. The van der Waals surface area contributed by atoms with Crippen LogP contribution in [0.3, 0.4) is 0 Å². The van der Waals surface area contributed by atoms with Crippen molar-refractivity contribution in [3.8, 4) is 0 Å². The Bertz CT molecular complexity index is 434. The summed E-state index contributed by atoms with van der Waals surface area (Å²) in [5, 5.41) is 0.0681. The second-order valence-electron chi connectivity index (χ2n) is 4.57. The van der Waals surface area contributed by atoms with Gasteiger partial charge in [0.25, 0.3) is 0 Å². The molecule has 100 valence electrons. The summed E-state index contributed by atoms with van der Waals surface area (Å²) in [7, 11) is 0. The average molecular weight is 279 g/mol. The maximum absolute atomic E-state index is 12.5. The first-order chi connectivity index (χ1) is 8.39. The fourth-order valence-electron chi connectivity index (χ4n) is 2.21. The van der Waals surface area contributed by atoms with E-state index in [0.29, 0.717) is 5.82 Å². The molecule has 0 amide bonds. The standard InChI is InChI=1S/C12H14ClF3N2/c1-8-4-2-3-5-18(8)11-10(13)6-9(7-17-11)12(14,15)16/h6-8H,2-5H2,1H3. The Hall–Kier alpha value is -0.970. The highest BCUT2D eigenvalue weighted by atomic mass is 35.5. The van der Waals surface area contributed by atoms with Crippen molar-refractivity contribution in [2.75, 3.05) is 11.4 Å². The third kappa shape index (κ3) is 2.71. The van der Waals surface area contributed by atoms with Gasteiger partial charge in [0.15, 0.2) is 0 Å². The van der Waals surface area contributed by atoms with Crippen molar-refractivity contribution in [1.29, 1.82) is 0 Å². The Morgan fingerprint density at radius 1 is 1.39 bits per heavy atom. The van der Waals surface area contributed by atoms with Crippen LogP contribution in [0.25, 0.3) is 0 Å². The normalized spacial score (nSPS) is 21.2. The van der Waals surface area contributed by atoms with Crippen LogP contribution < -0.4 is 4.90 Å². The Kier molecular flexibility index (Phi) is 3.71. The van der Waals surface area contributed by atoms with E-state index in [0.717, 1.165) is 38.1 Å². The number of hydrogen-bond acceptors (Lipinski definition) is 2. The van der Waals surface area contributed by atoms with E-state index in [-0.39, 0.29) is 11.1 Å². The summed E-state index contributed by atoms with van der Waals surface area (Å²) < 4.78 is 37.5. The van der Waals surface area contributed by atoms with Gasteiger partial charge >= 0.3 is 6.18 Å². The summed E-state index contributed by atoms with van der Waals surface area (Å²) in [5.74, 6) is 0.455. The molecule has 2 rings (SSSR count). The topological polar surface area (TPSA) is 16.1 Å². The predicted molar refractivity (Wildman–Crippen MR) is 64.9 cm³/mol. The fourth-order valence-corrected chi connectivity index (χ4v) is 2.48. The van der Waals surface area contributed by atoms with E-state index in [2.05, 4.69) is 4.98 Å². The predicted octanol–water partition coefficient (Wildman–Crippen LogP) is 4.13. The molecule has 6 heteroatoms. The number of pyridine rings is 1. The van der Waals surface area contributed by atoms with Crippen molar-refractivity contribution in [2.45, 2.75) is 38.4 Å². The van der Waals surface area contributed by atoms with Crippen LogP contribution in [0.4, 0.5) is 19.0 Å². The monoisotopic (exact) mass is 278 g/mol. The molecular weight excluding hydrogens is 265 g/mol. The lowest BCUT2D eigenvalue weighted by atomic mass is 10.0. The molecule has 2 nitrogen and oxygen atoms in total. The molecule has 1 unspecified atom stereocenters. The maximum Gasteiger partial charge on any atom is 0.417 e. The molecule has 0 bridgehead atoms. The van der Waals surface area contributed by atoms with Crippen LogP contribution >= 0.6 is 11.6 Å². The van der Waals surface area contributed by atoms with Gasteiger partial charge in [0.05, 0.1) is 10.6 Å². The molecule has 1 aliphatic heterocycles. The molecule has 0 spiro atoms. The Morgan fingerprint density at radius 3 is 2.67 bits per heavy atom. The lowest BCUT2D eigenvalue weighted by molar-refractivity contribution is -0.137. The van der Waals surface area contributed by atoms with Crippen molar-refractivity contribution in [3.05, 3.63) is 22.8 Å². The van der Waals surface area contributed by atoms with E-state index >= 15 is 0 Å². The second-order valence-corrected chi connectivity index (χ2v) is 4.97. The van der Waals surface area contributed by atoms with Gasteiger partial charge in [-0.2, -0.15) is 13.2 Å². The molecule has 0 N–H and O–H groups in total. The quantitative estimate of drug-likeness (QED) is 0.768. The first-order valence-electron chi connectivity index (χ1n) is 5.89. The third-order valence-electron chi connectivity index (χ3n) is 3.22. The third-order valence-corrected chi connectivity index (χ3v) is 3.50. The first-order valence-corrected chi connectivity index (χ1v) is 6.27. The van der Waals surface area contributed by atoms with Gasteiger partial charge in [-0.25, -0.2) is 4.98 Å². The first kappa shape index (κ1) is 13.5. The van der Waals surface area contributed by atoms with Crippen molar-refractivity contribution in [2.24, 2.45) is 0 Å². The molecule has 0 aromatic carbocycles. The minimum atomic E-state index is -4.40. The van der Waals surface area contributed by atoms with Gasteiger partial charge in [0.1, 0.15) is 5.82 Å². The zero-order chi connectivity index (χ0) is 13.3. The molecule has 1 saturated heterocycles. The zero-order valence-corrected chi connectivity index (χ0v) is 10.7. The Morgan fingerprint density at radius 2 is 2.11 bits per heavy atom. The van der Waals surface area contributed by atoms with Crippen LogP contribution in [0, 0.1) is 0 Å². The second kappa shape index (κ2) is 4.96. The fraction of sp³-hybridized carbons (Fsp3) is 0.583. The summed E-state index contributed by atoms with van der Waals surface area (Å²) in [6.07, 6.45) is -0.385. The van der Waals surface area contributed by atoms with Gasteiger partial charge < -0.3 is 4.90 Å². The lowest BCUT2D eigenvalue weighted by Gasteiger charge is -2.35. The molecular formula is C12H14ClF3N2. The van der Waals surface area contributed by atoms with Gasteiger partial charge in [-0.05, 0) is 32.3 Å². The van der Waals surface area contributed by atoms with Crippen LogP contribution in [0.1, 0.15) is 31.7 Å². The van der Waals surface area contributed by atoms with Crippen LogP contribution in [0.2, 0.25) is 5.02 Å². The minimum absolute atomic E-state index is 0.0681. The number of rotatable bonds is 1. The molecule has 0 aliphatic carbocycles. The van der Waals surface area contributed by atoms with E-state index in [9.17, 15) is 13.2 Å². The number of nitrogens with zero attached hydrogens (tertiary/aromatic N) is 2. The van der Waals surface area contributed by atoms with E-state index in [4.69, 9.17) is 11.6 Å². The highest BCUT2D eigenvalue weighted by molar-refractivity contribution is 6.33. The summed E-state index contributed by atoms with van der Waals surface area (Å²) >= 11 is 5.93. The molecule has 1 fully saturated rings. The number of anilines is 1. The molecule has 2 heterocycles. The molecule has 1 aromatic rings. The maximum atomic E-state index is 12.5. The highest BCUT2D eigenvalue weighted by Crippen LogP contribution is 2.35. The minimum Gasteiger partial charge on any atom is -0.353 e. The summed E-state index contributed by atoms with van der Waals surface area (Å²) in [4.78, 5) is 5.87. The smallest absolute Gasteiger partial charge is 0.353 e. The van der Waals surface area contributed by atoms with Crippen molar-refractivity contribution >= 4 is 17.4 Å². The molecule has 1 aromatic heterocycles. The summed E-state index contributed by atoms with van der Waals surface area (Å²) in [5.41, 5.74) is -0.805. The van der Waals surface area contributed by atoms with Crippen LogP contribution in [-0.2, 0) is 6.18 Å². The average Bonchev–Trinajstić information content (AvgIpc) is 2.29. The number of alkyl halides is 3. The van der Waals surface area contributed by atoms with E-state index in [1.54, 1.807) is 0 Å². The summed E-state index contributed by atoms with van der Waals surface area (Å²) in [6.45, 7) is 2.83. The van der Waals surface area contributed by atoms with E-state index in [1.807, 2.05) is 11.8 Å². The lowest BCUT2D eigenvalue weighted by Crippen LogP contribution is -2.38. The van der Waals surface area contributed by atoms with Crippen LogP contribution in [-0.4, -0.2) is 17.6 Å². The SMILES string of the molecule is CC1CCCCN1c1ncc(C(F)(F)F)cc1Cl.